The summed E-state index contributed by atoms with van der Waals surface area (Å²) in [5.74, 6) is -1.50. The smallest absolute Gasteiger partial charge is 0.255 e. The number of anilines is 1. The van der Waals surface area contributed by atoms with E-state index < -0.39 is 11.9 Å². The van der Waals surface area contributed by atoms with E-state index in [1.165, 1.54) is 11.0 Å². The van der Waals surface area contributed by atoms with Crippen LogP contribution in [0.3, 0.4) is 0 Å². The summed E-state index contributed by atoms with van der Waals surface area (Å²) in [6.07, 6.45) is 1.53. The van der Waals surface area contributed by atoms with Crippen LogP contribution in [0.1, 0.15) is 56.0 Å². The zero-order chi connectivity index (χ0) is 21.4. The number of carbonyl (C=O) groups is 3. The van der Waals surface area contributed by atoms with E-state index >= 15 is 4.39 Å². The SMILES string of the molecule is CC(C)(C)N1C[C@@H]2C[C@H]1CN2c1cc2c(cc1F)C(=O)N([C@@H]1CCC(=O)NC1=O)C2. The van der Waals surface area contributed by atoms with Gasteiger partial charge in [-0.15, -0.1) is 0 Å². The molecule has 0 saturated carbocycles. The molecule has 7 nitrogen and oxygen atoms in total. The Hall–Kier alpha value is -2.48. The lowest BCUT2D eigenvalue weighted by atomic mass is 10.0. The van der Waals surface area contributed by atoms with Gasteiger partial charge in [0.05, 0.1) is 5.69 Å². The summed E-state index contributed by atoms with van der Waals surface area (Å²) < 4.78 is 15.1. The number of hydrogen-bond acceptors (Lipinski definition) is 5. The van der Waals surface area contributed by atoms with Crippen LogP contribution in [0.2, 0.25) is 0 Å². The molecule has 30 heavy (non-hydrogen) atoms. The molecule has 0 aromatic heterocycles. The van der Waals surface area contributed by atoms with E-state index in [1.807, 2.05) is 0 Å². The minimum absolute atomic E-state index is 0.0941. The van der Waals surface area contributed by atoms with E-state index in [0.29, 0.717) is 23.7 Å². The molecule has 0 radical (unpaired) electrons. The first-order valence-corrected chi connectivity index (χ1v) is 10.6. The molecule has 0 spiro atoms. The molecule has 3 fully saturated rings. The van der Waals surface area contributed by atoms with E-state index in [1.54, 1.807) is 6.07 Å². The Morgan fingerprint density at radius 3 is 2.47 bits per heavy atom. The van der Waals surface area contributed by atoms with Crippen molar-refractivity contribution in [3.63, 3.8) is 0 Å². The van der Waals surface area contributed by atoms with Crippen LogP contribution in [0.5, 0.6) is 0 Å². The van der Waals surface area contributed by atoms with Gasteiger partial charge in [-0.3, -0.25) is 24.6 Å². The summed E-state index contributed by atoms with van der Waals surface area (Å²) in [5, 5.41) is 2.30. The molecule has 1 aromatic rings. The molecule has 1 N–H and O–H groups in total. The van der Waals surface area contributed by atoms with Crippen molar-refractivity contribution in [1.29, 1.82) is 0 Å². The topological polar surface area (TPSA) is 73.0 Å². The average Bonchev–Trinajstić information content (AvgIpc) is 3.34. The Morgan fingerprint density at radius 1 is 1.07 bits per heavy atom. The number of piperidine rings is 1. The Kier molecular flexibility index (Phi) is 4.23. The third-order valence-electron chi connectivity index (χ3n) is 7.00. The van der Waals surface area contributed by atoms with Crippen molar-refractivity contribution in [3.8, 4) is 0 Å². The molecular weight excluding hydrogens is 387 g/mol. The predicted molar refractivity (Wildman–Crippen MR) is 108 cm³/mol. The number of likely N-dealkylation sites (tertiary alicyclic amines) is 1. The fraction of sp³-hybridized carbons (Fsp3) is 0.591. The number of rotatable bonds is 2. The van der Waals surface area contributed by atoms with Crippen molar-refractivity contribution in [2.45, 2.75) is 70.2 Å². The van der Waals surface area contributed by atoms with Crippen LogP contribution < -0.4 is 10.2 Å². The number of carbonyl (C=O) groups excluding carboxylic acids is 3. The molecule has 0 unspecified atom stereocenters. The fourth-order valence-corrected chi connectivity index (χ4v) is 5.58. The summed E-state index contributed by atoms with van der Waals surface area (Å²) in [6.45, 7) is 8.59. The molecule has 4 aliphatic rings. The van der Waals surface area contributed by atoms with Crippen molar-refractivity contribution in [2.75, 3.05) is 18.0 Å². The maximum Gasteiger partial charge on any atom is 0.255 e. The van der Waals surface area contributed by atoms with E-state index in [4.69, 9.17) is 0 Å². The molecule has 4 aliphatic heterocycles. The second kappa shape index (κ2) is 6.51. The standard InChI is InChI=1S/C22H27FN4O3/c1-22(2,3)27-11-13-7-14(27)10-25(13)18-6-12-9-26(21(30)15(12)8-16(18)23)17-4-5-19(28)24-20(17)29/h6,8,13-14,17H,4-5,7,9-11H2,1-3H3,(H,24,28,29)/t13-,14-,17+/m0/s1. The molecule has 2 bridgehead atoms. The van der Waals surface area contributed by atoms with Crippen molar-refractivity contribution in [3.05, 3.63) is 29.1 Å². The van der Waals surface area contributed by atoms with Gasteiger partial charge in [-0.1, -0.05) is 0 Å². The third-order valence-corrected chi connectivity index (χ3v) is 7.00. The molecule has 160 valence electrons. The molecular formula is C22H27FN4O3. The lowest BCUT2D eigenvalue weighted by molar-refractivity contribution is -0.136. The Labute approximate surface area is 175 Å². The van der Waals surface area contributed by atoms with Gasteiger partial charge < -0.3 is 9.80 Å². The van der Waals surface area contributed by atoms with Crippen LogP contribution in [-0.4, -0.2) is 64.3 Å². The number of nitrogens with one attached hydrogen (secondary N) is 1. The number of amides is 3. The molecule has 1 aromatic carbocycles. The van der Waals surface area contributed by atoms with Gasteiger partial charge in [0.25, 0.3) is 5.91 Å². The maximum atomic E-state index is 15.1. The van der Waals surface area contributed by atoms with Crippen LogP contribution >= 0.6 is 0 Å². The zero-order valence-corrected chi connectivity index (χ0v) is 17.6. The average molecular weight is 414 g/mol. The van der Waals surface area contributed by atoms with Gasteiger partial charge in [0.15, 0.2) is 0 Å². The number of halogens is 1. The predicted octanol–water partition coefficient (Wildman–Crippen LogP) is 1.65. The maximum absolute atomic E-state index is 15.1. The van der Waals surface area contributed by atoms with E-state index in [9.17, 15) is 14.4 Å². The number of imide groups is 1. The van der Waals surface area contributed by atoms with Crippen LogP contribution in [-0.2, 0) is 16.1 Å². The van der Waals surface area contributed by atoms with Gasteiger partial charge in [0.1, 0.15) is 11.9 Å². The number of hydrogen-bond donors (Lipinski definition) is 1. The van der Waals surface area contributed by atoms with Gasteiger partial charge in [-0.05, 0) is 51.3 Å². The van der Waals surface area contributed by atoms with Crippen LogP contribution in [0.15, 0.2) is 12.1 Å². The largest absolute Gasteiger partial charge is 0.363 e. The van der Waals surface area contributed by atoms with Crippen molar-refractivity contribution in [1.82, 2.24) is 15.1 Å². The lowest BCUT2D eigenvalue weighted by Crippen LogP contribution is -2.53. The van der Waals surface area contributed by atoms with Crippen LogP contribution in [0.4, 0.5) is 10.1 Å². The molecule has 5 rings (SSSR count). The Balaban J connectivity index is 1.38. The molecule has 3 atom stereocenters. The molecule has 3 saturated heterocycles. The van der Waals surface area contributed by atoms with Crippen molar-refractivity contribution >= 4 is 23.4 Å². The van der Waals surface area contributed by atoms with Crippen molar-refractivity contribution < 1.29 is 18.8 Å². The second-order valence-electron chi connectivity index (χ2n) is 9.88. The summed E-state index contributed by atoms with van der Waals surface area (Å²) in [4.78, 5) is 42.6. The van der Waals surface area contributed by atoms with E-state index in [2.05, 4.69) is 35.9 Å². The number of fused-ring (bicyclic) bond motifs is 3. The molecule has 8 heteroatoms. The summed E-state index contributed by atoms with van der Waals surface area (Å²) in [6, 6.07) is 3.11. The van der Waals surface area contributed by atoms with Crippen molar-refractivity contribution in [2.24, 2.45) is 0 Å². The van der Waals surface area contributed by atoms with Gasteiger partial charge >= 0.3 is 0 Å². The highest BCUT2D eigenvalue weighted by Gasteiger charge is 2.48. The minimum Gasteiger partial charge on any atom is -0.363 e. The molecule has 4 heterocycles. The second-order valence-corrected chi connectivity index (χ2v) is 9.88. The summed E-state index contributed by atoms with van der Waals surface area (Å²) >= 11 is 0. The van der Waals surface area contributed by atoms with Gasteiger partial charge in [0, 0.05) is 49.2 Å². The van der Waals surface area contributed by atoms with Gasteiger partial charge in [-0.25, -0.2) is 4.39 Å². The summed E-state index contributed by atoms with van der Waals surface area (Å²) in [7, 11) is 0. The zero-order valence-electron chi connectivity index (χ0n) is 17.6. The Bertz CT molecular complexity index is 956. The minimum atomic E-state index is -0.683. The van der Waals surface area contributed by atoms with E-state index in [0.717, 1.165) is 25.1 Å². The molecule has 3 amide bonds. The number of piperazine rings is 1. The number of nitrogens with zero attached hydrogens (tertiary/aromatic N) is 3. The highest BCUT2D eigenvalue weighted by molar-refractivity contribution is 6.05. The van der Waals surface area contributed by atoms with Gasteiger partial charge in [0.2, 0.25) is 11.8 Å². The molecule has 0 aliphatic carbocycles. The quantitative estimate of drug-likeness (QED) is 0.745. The fourth-order valence-electron chi connectivity index (χ4n) is 5.58. The van der Waals surface area contributed by atoms with Gasteiger partial charge in [-0.2, -0.15) is 0 Å². The summed E-state index contributed by atoms with van der Waals surface area (Å²) in [5.41, 5.74) is 1.71. The highest BCUT2D eigenvalue weighted by atomic mass is 19.1. The monoisotopic (exact) mass is 414 g/mol. The normalized spacial score (nSPS) is 29.1. The first kappa shape index (κ1) is 19.5. The first-order valence-electron chi connectivity index (χ1n) is 10.6. The van der Waals surface area contributed by atoms with E-state index in [-0.39, 0.29) is 42.2 Å². The van der Waals surface area contributed by atoms with Crippen LogP contribution in [0.25, 0.3) is 0 Å². The highest BCUT2D eigenvalue weighted by Crippen LogP contribution is 2.41. The third kappa shape index (κ3) is 2.92. The van der Waals surface area contributed by atoms with Crippen LogP contribution in [0, 0.1) is 5.82 Å². The lowest BCUT2D eigenvalue weighted by Gasteiger charge is -2.42. The number of benzene rings is 1. The Morgan fingerprint density at radius 2 is 1.83 bits per heavy atom. The first-order chi connectivity index (χ1) is 14.1.